The SMILES string of the molecule is Cc1cc(N)c(C)c(S(=O)(=O)Nc2ccc(Br)c(F)c2)c1. The van der Waals surface area contributed by atoms with Gasteiger partial charge in [-0.25, -0.2) is 12.8 Å². The van der Waals surface area contributed by atoms with E-state index in [1.165, 1.54) is 18.2 Å². The summed E-state index contributed by atoms with van der Waals surface area (Å²) in [5, 5.41) is 0. The molecule has 0 bridgehead atoms. The van der Waals surface area contributed by atoms with Crippen molar-refractivity contribution in [2.75, 3.05) is 10.5 Å². The van der Waals surface area contributed by atoms with E-state index >= 15 is 0 Å². The fourth-order valence-electron chi connectivity index (χ4n) is 1.90. The second-order valence-electron chi connectivity index (χ2n) is 4.71. The summed E-state index contributed by atoms with van der Waals surface area (Å²) in [4.78, 5) is 0.0864. The van der Waals surface area contributed by atoms with Gasteiger partial charge in [0.25, 0.3) is 10.0 Å². The molecular weight excluding hydrogens is 359 g/mol. The highest BCUT2D eigenvalue weighted by Crippen LogP contribution is 2.26. The molecule has 0 unspecified atom stereocenters. The predicted molar refractivity (Wildman–Crippen MR) is 85.2 cm³/mol. The molecule has 2 aromatic rings. The van der Waals surface area contributed by atoms with Crippen molar-refractivity contribution in [3.8, 4) is 0 Å². The summed E-state index contributed by atoms with van der Waals surface area (Å²) in [5.41, 5.74) is 7.55. The Labute approximate surface area is 131 Å². The van der Waals surface area contributed by atoms with Gasteiger partial charge in [0.15, 0.2) is 0 Å². The monoisotopic (exact) mass is 372 g/mol. The number of hydrogen-bond donors (Lipinski definition) is 2. The molecule has 21 heavy (non-hydrogen) atoms. The Morgan fingerprint density at radius 1 is 1.19 bits per heavy atom. The first kappa shape index (κ1) is 15.8. The average Bonchev–Trinajstić information content (AvgIpc) is 2.37. The average molecular weight is 373 g/mol. The molecule has 4 nitrogen and oxygen atoms in total. The van der Waals surface area contributed by atoms with Crippen molar-refractivity contribution in [3.05, 3.63) is 51.7 Å². The Balaban J connectivity index is 2.45. The lowest BCUT2D eigenvalue weighted by molar-refractivity contribution is 0.600. The van der Waals surface area contributed by atoms with Crippen LogP contribution in [0.1, 0.15) is 11.1 Å². The summed E-state index contributed by atoms with van der Waals surface area (Å²) in [6, 6.07) is 7.25. The topological polar surface area (TPSA) is 72.2 Å². The van der Waals surface area contributed by atoms with Crippen LogP contribution in [-0.2, 0) is 10.0 Å². The minimum atomic E-state index is -3.83. The quantitative estimate of drug-likeness (QED) is 0.808. The molecule has 0 fully saturated rings. The first-order chi connectivity index (χ1) is 9.70. The zero-order valence-electron chi connectivity index (χ0n) is 11.4. The summed E-state index contributed by atoms with van der Waals surface area (Å²) >= 11 is 3.02. The highest BCUT2D eigenvalue weighted by Gasteiger charge is 2.19. The number of anilines is 2. The highest BCUT2D eigenvalue weighted by molar-refractivity contribution is 9.10. The zero-order chi connectivity index (χ0) is 15.8. The fraction of sp³-hybridized carbons (Fsp3) is 0.143. The van der Waals surface area contributed by atoms with Gasteiger partial charge >= 0.3 is 0 Å². The van der Waals surface area contributed by atoms with Crippen LogP contribution >= 0.6 is 15.9 Å². The van der Waals surface area contributed by atoms with Crippen LogP contribution in [0.4, 0.5) is 15.8 Å². The van der Waals surface area contributed by atoms with E-state index in [0.717, 1.165) is 11.6 Å². The van der Waals surface area contributed by atoms with Crippen LogP contribution in [-0.4, -0.2) is 8.42 Å². The number of hydrogen-bond acceptors (Lipinski definition) is 3. The molecule has 0 radical (unpaired) electrons. The maximum atomic E-state index is 13.5. The molecular formula is C14H14BrFN2O2S. The van der Waals surface area contributed by atoms with Crippen LogP contribution in [0.3, 0.4) is 0 Å². The molecule has 0 atom stereocenters. The molecule has 112 valence electrons. The van der Waals surface area contributed by atoms with E-state index in [-0.39, 0.29) is 15.1 Å². The van der Waals surface area contributed by atoms with Crippen molar-refractivity contribution in [2.24, 2.45) is 0 Å². The van der Waals surface area contributed by atoms with Crippen molar-refractivity contribution in [3.63, 3.8) is 0 Å². The van der Waals surface area contributed by atoms with E-state index in [1.54, 1.807) is 19.9 Å². The molecule has 0 aromatic heterocycles. The molecule has 3 N–H and O–H groups in total. The number of halogens is 2. The van der Waals surface area contributed by atoms with Gasteiger partial charge in [0, 0.05) is 5.69 Å². The Kier molecular flexibility index (Phi) is 4.25. The number of nitrogens with one attached hydrogen (secondary N) is 1. The van der Waals surface area contributed by atoms with Gasteiger partial charge in [0.2, 0.25) is 0 Å². The molecule has 0 aliphatic carbocycles. The summed E-state index contributed by atoms with van der Waals surface area (Å²) in [6.45, 7) is 3.39. The summed E-state index contributed by atoms with van der Waals surface area (Å²) in [7, 11) is -3.83. The minimum Gasteiger partial charge on any atom is -0.398 e. The van der Waals surface area contributed by atoms with Crippen LogP contribution in [0.2, 0.25) is 0 Å². The fourth-order valence-corrected chi connectivity index (χ4v) is 3.56. The number of sulfonamides is 1. The Morgan fingerprint density at radius 2 is 1.86 bits per heavy atom. The van der Waals surface area contributed by atoms with Gasteiger partial charge in [-0.3, -0.25) is 4.72 Å². The van der Waals surface area contributed by atoms with Crippen LogP contribution in [0, 0.1) is 19.7 Å². The normalized spacial score (nSPS) is 11.4. The van der Waals surface area contributed by atoms with E-state index in [4.69, 9.17) is 5.73 Å². The minimum absolute atomic E-state index is 0.0864. The van der Waals surface area contributed by atoms with Crippen molar-refractivity contribution >= 4 is 37.3 Å². The van der Waals surface area contributed by atoms with Gasteiger partial charge in [-0.05, 0) is 71.2 Å². The number of nitrogens with two attached hydrogens (primary N) is 1. The molecule has 2 aromatic carbocycles. The molecule has 0 aliphatic rings. The largest absolute Gasteiger partial charge is 0.398 e. The van der Waals surface area contributed by atoms with Crippen molar-refractivity contribution < 1.29 is 12.8 Å². The van der Waals surface area contributed by atoms with Crippen LogP contribution in [0.5, 0.6) is 0 Å². The third kappa shape index (κ3) is 3.36. The second-order valence-corrected chi connectivity index (χ2v) is 7.22. The van der Waals surface area contributed by atoms with Gasteiger partial charge < -0.3 is 5.73 Å². The maximum Gasteiger partial charge on any atom is 0.262 e. The second kappa shape index (κ2) is 5.65. The van der Waals surface area contributed by atoms with Gasteiger partial charge in [-0.2, -0.15) is 0 Å². The molecule has 2 rings (SSSR count). The lowest BCUT2D eigenvalue weighted by atomic mass is 10.1. The number of rotatable bonds is 3. The first-order valence-electron chi connectivity index (χ1n) is 6.05. The summed E-state index contributed by atoms with van der Waals surface area (Å²) in [6.07, 6.45) is 0. The molecule has 0 spiro atoms. The van der Waals surface area contributed by atoms with E-state index < -0.39 is 15.8 Å². The van der Waals surface area contributed by atoms with E-state index in [9.17, 15) is 12.8 Å². The third-order valence-corrected chi connectivity index (χ3v) is 5.16. The number of benzene rings is 2. The molecule has 0 amide bonds. The lowest BCUT2D eigenvalue weighted by Crippen LogP contribution is -2.15. The molecule has 7 heteroatoms. The van der Waals surface area contributed by atoms with Crippen molar-refractivity contribution in [1.82, 2.24) is 0 Å². The summed E-state index contributed by atoms with van der Waals surface area (Å²) < 4.78 is 40.9. The van der Waals surface area contributed by atoms with Crippen LogP contribution in [0.15, 0.2) is 39.7 Å². The van der Waals surface area contributed by atoms with Crippen molar-refractivity contribution in [2.45, 2.75) is 18.7 Å². The van der Waals surface area contributed by atoms with Gasteiger partial charge in [0.05, 0.1) is 15.1 Å². The zero-order valence-corrected chi connectivity index (χ0v) is 13.8. The lowest BCUT2D eigenvalue weighted by Gasteiger charge is -2.13. The van der Waals surface area contributed by atoms with Crippen LogP contribution in [0.25, 0.3) is 0 Å². The van der Waals surface area contributed by atoms with E-state index in [0.29, 0.717) is 11.3 Å². The standard InChI is InChI=1S/C14H14BrFN2O2S/c1-8-5-13(17)9(2)14(6-8)21(19,20)18-10-3-4-11(15)12(16)7-10/h3-7,18H,17H2,1-2H3. The Hall–Kier alpha value is -1.60. The number of aryl methyl sites for hydroxylation is 1. The van der Waals surface area contributed by atoms with Gasteiger partial charge in [-0.15, -0.1) is 0 Å². The smallest absolute Gasteiger partial charge is 0.262 e. The van der Waals surface area contributed by atoms with Gasteiger partial charge in [0.1, 0.15) is 5.82 Å². The Morgan fingerprint density at radius 3 is 2.48 bits per heavy atom. The molecule has 0 aliphatic heterocycles. The Bertz CT molecular complexity index is 807. The number of nitrogen functional groups attached to an aromatic ring is 1. The molecule has 0 saturated carbocycles. The summed E-state index contributed by atoms with van der Waals surface area (Å²) in [5.74, 6) is -0.546. The first-order valence-corrected chi connectivity index (χ1v) is 8.33. The van der Waals surface area contributed by atoms with Gasteiger partial charge in [-0.1, -0.05) is 0 Å². The van der Waals surface area contributed by atoms with Crippen molar-refractivity contribution in [1.29, 1.82) is 0 Å². The van der Waals surface area contributed by atoms with Crippen LogP contribution < -0.4 is 10.5 Å². The molecule has 0 heterocycles. The van der Waals surface area contributed by atoms with E-state index in [1.807, 2.05) is 0 Å². The highest BCUT2D eigenvalue weighted by atomic mass is 79.9. The maximum absolute atomic E-state index is 13.5. The third-order valence-electron chi connectivity index (χ3n) is 3.01. The predicted octanol–water partition coefficient (Wildman–Crippen LogP) is 3.59. The van der Waals surface area contributed by atoms with E-state index in [2.05, 4.69) is 20.7 Å². The molecule has 0 saturated heterocycles.